The van der Waals surface area contributed by atoms with Gasteiger partial charge in [-0.15, -0.1) is 0 Å². The molecule has 2 aromatic rings. The molecule has 0 aromatic heterocycles. The Morgan fingerprint density at radius 2 is 1.69 bits per heavy atom. The van der Waals surface area contributed by atoms with Gasteiger partial charge in [-0.1, -0.05) is 38.1 Å². The van der Waals surface area contributed by atoms with Crippen LogP contribution in [0.4, 0.5) is 5.69 Å². The van der Waals surface area contributed by atoms with Gasteiger partial charge in [0.05, 0.1) is 0 Å². The molecule has 1 fully saturated rings. The second kappa shape index (κ2) is 8.90. The lowest BCUT2D eigenvalue weighted by molar-refractivity contribution is -0.118. The van der Waals surface area contributed by atoms with Gasteiger partial charge < -0.3 is 16.0 Å². The Hall–Kier alpha value is -3.15. The number of amides is 3. The molecule has 1 aliphatic carbocycles. The normalized spacial score (nSPS) is 14.2. The third-order valence-electron chi connectivity index (χ3n) is 4.93. The molecule has 3 amide bonds. The Balaban J connectivity index is 1.69. The van der Waals surface area contributed by atoms with Gasteiger partial charge in [0, 0.05) is 22.9 Å². The van der Waals surface area contributed by atoms with Crippen molar-refractivity contribution in [3.8, 4) is 0 Å². The van der Waals surface area contributed by atoms with Crippen LogP contribution in [0.15, 0.2) is 48.5 Å². The zero-order chi connectivity index (χ0) is 21.0. The van der Waals surface area contributed by atoms with E-state index >= 15 is 0 Å². The molecule has 0 heterocycles. The quantitative estimate of drug-likeness (QED) is 0.675. The molecule has 1 unspecified atom stereocenters. The van der Waals surface area contributed by atoms with E-state index in [9.17, 15) is 14.4 Å². The summed E-state index contributed by atoms with van der Waals surface area (Å²) in [7, 11) is 0. The van der Waals surface area contributed by atoms with Crippen LogP contribution in [0.1, 0.15) is 53.0 Å². The smallest absolute Gasteiger partial charge is 0.252 e. The van der Waals surface area contributed by atoms with E-state index in [2.05, 4.69) is 16.0 Å². The summed E-state index contributed by atoms with van der Waals surface area (Å²) in [6, 6.07) is 13.6. The van der Waals surface area contributed by atoms with E-state index in [0.717, 1.165) is 18.4 Å². The van der Waals surface area contributed by atoms with Gasteiger partial charge in [0.15, 0.2) is 0 Å². The first kappa shape index (κ1) is 20.6. The van der Waals surface area contributed by atoms with Gasteiger partial charge >= 0.3 is 0 Å². The molecule has 1 saturated carbocycles. The standard InChI is InChI=1S/C23H27N3O3/c1-14(2)20(26-22(28)19-10-5-4-7-15(19)3)23(29)25-18-9-6-8-16(13-18)21(27)24-17-11-12-17/h4-10,13-14,17,20H,11-12H2,1-3H3,(H,24,27)(H,25,29)(H,26,28). The maximum absolute atomic E-state index is 12.8. The average molecular weight is 393 g/mol. The highest BCUT2D eigenvalue weighted by atomic mass is 16.2. The highest BCUT2D eigenvalue weighted by molar-refractivity contribution is 6.02. The highest BCUT2D eigenvalue weighted by Crippen LogP contribution is 2.20. The van der Waals surface area contributed by atoms with Gasteiger partial charge in [-0.3, -0.25) is 14.4 Å². The third-order valence-corrected chi connectivity index (χ3v) is 4.93. The van der Waals surface area contributed by atoms with Crippen LogP contribution in [0.2, 0.25) is 0 Å². The summed E-state index contributed by atoms with van der Waals surface area (Å²) in [4.78, 5) is 37.7. The van der Waals surface area contributed by atoms with E-state index in [1.807, 2.05) is 32.9 Å². The van der Waals surface area contributed by atoms with Crippen LogP contribution < -0.4 is 16.0 Å². The molecule has 152 valence electrons. The van der Waals surface area contributed by atoms with Gasteiger partial charge in [-0.2, -0.15) is 0 Å². The van der Waals surface area contributed by atoms with E-state index in [4.69, 9.17) is 0 Å². The lowest BCUT2D eigenvalue weighted by Crippen LogP contribution is -2.47. The van der Waals surface area contributed by atoms with Crippen molar-refractivity contribution in [2.75, 3.05) is 5.32 Å². The van der Waals surface area contributed by atoms with Gasteiger partial charge in [0.1, 0.15) is 6.04 Å². The Morgan fingerprint density at radius 1 is 0.966 bits per heavy atom. The van der Waals surface area contributed by atoms with Crippen LogP contribution in [0.3, 0.4) is 0 Å². The Bertz CT molecular complexity index is 919. The van der Waals surface area contributed by atoms with Crippen molar-refractivity contribution in [3.63, 3.8) is 0 Å². The molecule has 1 atom stereocenters. The van der Waals surface area contributed by atoms with Crippen LogP contribution in [-0.4, -0.2) is 29.8 Å². The summed E-state index contributed by atoms with van der Waals surface area (Å²) >= 11 is 0. The molecule has 0 bridgehead atoms. The fourth-order valence-corrected chi connectivity index (χ4v) is 3.04. The number of benzene rings is 2. The number of rotatable bonds is 7. The minimum absolute atomic E-state index is 0.107. The largest absolute Gasteiger partial charge is 0.349 e. The molecule has 6 nitrogen and oxygen atoms in total. The SMILES string of the molecule is Cc1ccccc1C(=O)NC(C(=O)Nc1cccc(C(=O)NC2CC2)c1)C(C)C. The number of aryl methyl sites for hydroxylation is 1. The molecule has 2 aromatic carbocycles. The number of anilines is 1. The minimum atomic E-state index is -0.703. The van der Waals surface area contributed by atoms with Crippen molar-refractivity contribution in [1.82, 2.24) is 10.6 Å². The molecule has 3 rings (SSSR count). The number of carbonyl (C=O) groups excluding carboxylic acids is 3. The topological polar surface area (TPSA) is 87.3 Å². The summed E-state index contributed by atoms with van der Waals surface area (Å²) < 4.78 is 0. The van der Waals surface area contributed by atoms with Crippen molar-refractivity contribution in [3.05, 3.63) is 65.2 Å². The summed E-state index contributed by atoms with van der Waals surface area (Å²) in [6.07, 6.45) is 2.03. The van der Waals surface area contributed by atoms with Crippen molar-refractivity contribution in [2.45, 2.75) is 45.7 Å². The predicted molar refractivity (Wildman–Crippen MR) is 113 cm³/mol. The second-order valence-corrected chi connectivity index (χ2v) is 7.83. The summed E-state index contributed by atoms with van der Waals surface area (Å²) in [5, 5.41) is 8.59. The fourth-order valence-electron chi connectivity index (χ4n) is 3.04. The van der Waals surface area contributed by atoms with Gasteiger partial charge in [0.25, 0.3) is 11.8 Å². The Kier molecular flexibility index (Phi) is 6.32. The highest BCUT2D eigenvalue weighted by Gasteiger charge is 2.26. The number of hydrogen-bond acceptors (Lipinski definition) is 3. The minimum Gasteiger partial charge on any atom is -0.349 e. The molecule has 0 spiro atoms. The first-order chi connectivity index (χ1) is 13.8. The predicted octanol–water partition coefficient (Wildman–Crippen LogP) is 3.28. The van der Waals surface area contributed by atoms with E-state index in [0.29, 0.717) is 16.8 Å². The fraction of sp³-hybridized carbons (Fsp3) is 0.348. The summed E-state index contributed by atoms with van der Waals surface area (Å²) in [5.41, 5.74) is 2.42. The van der Waals surface area contributed by atoms with Crippen molar-refractivity contribution in [2.24, 2.45) is 5.92 Å². The number of hydrogen-bond donors (Lipinski definition) is 3. The lowest BCUT2D eigenvalue weighted by atomic mass is 10.0. The van der Waals surface area contributed by atoms with Crippen LogP contribution in [0, 0.1) is 12.8 Å². The molecule has 1 aliphatic rings. The molecule has 0 aliphatic heterocycles. The van der Waals surface area contributed by atoms with Crippen LogP contribution in [0.25, 0.3) is 0 Å². The molecule has 3 N–H and O–H groups in total. The monoisotopic (exact) mass is 393 g/mol. The molecular weight excluding hydrogens is 366 g/mol. The maximum Gasteiger partial charge on any atom is 0.252 e. The van der Waals surface area contributed by atoms with Gasteiger partial charge in [-0.05, 0) is 55.5 Å². The van der Waals surface area contributed by atoms with E-state index in [-0.39, 0.29) is 29.7 Å². The average Bonchev–Trinajstić information content (AvgIpc) is 3.50. The van der Waals surface area contributed by atoms with E-state index in [1.54, 1.807) is 36.4 Å². The van der Waals surface area contributed by atoms with Crippen LogP contribution in [-0.2, 0) is 4.79 Å². The first-order valence-corrected chi connectivity index (χ1v) is 9.93. The first-order valence-electron chi connectivity index (χ1n) is 9.93. The second-order valence-electron chi connectivity index (χ2n) is 7.83. The lowest BCUT2D eigenvalue weighted by Gasteiger charge is -2.22. The Labute approximate surface area is 171 Å². The van der Waals surface area contributed by atoms with Crippen molar-refractivity contribution < 1.29 is 14.4 Å². The van der Waals surface area contributed by atoms with Crippen LogP contribution >= 0.6 is 0 Å². The Morgan fingerprint density at radius 3 is 2.34 bits per heavy atom. The molecule has 29 heavy (non-hydrogen) atoms. The zero-order valence-corrected chi connectivity index (χ0v) is 17.0. The van der Waals surface area contributed by atoms with Crippen LogP contribution in [0.5, 0.6) is 0 Å². The summed E-state index contributed by atoms with van der Waals surface area (Å²) in [6.45, 7) is 5.61. The van der Waals surface area contributed by atoms with E-state index < -0.39 is 6.04 Å². The zero-order valence-electron chi connectivity index (χ0n) is 17.0. The molecule has 6 heteroatoms. The molecule has 0 radical (unpaired) electrons. The molecular formula is C23H27N3O3. The van der Waals surface area contributed by atoms with Gasteiger partial charge in [0.2, 0.25) is 5.91 Å². The van der Waals surface area contributed by atoms with Crippen molar-refractivity contribution in [1.29, 1.82) is 0 Å². The third kappa shape index (κ3) is 5.44. The maximum atomic E-state index is 12.8. The number of carbonyl (C=O) groups is 3. The molecule has 0 saturated heterocycles. The summed E-state index contributed by atoms with van der Waals surface area (Å²) in [5.74, 6) is -0.850. The van der Waals surface area contributed by atoms with E-state index in [1.165, 1.54) is 0 Å². The van der Waals surface area contributed by atoms with Crippen molar-refractivity contribution >= 4 is 23.4 Å². The van der Waals surface area contributed by atoms with Gasteiger partial charge in [-0.25, -0.2) is 0 Å². The number of nitrogens with one attached hydrogen (secondary N) is 3.